The molecule has 3 aromatic heterocycles. The summed E-state index contributed by atoms with van der Waals surface area (Å²) in [5.41, 5.74) is 9.75. The van der Waals surface area contributed by atoms with Crippen LogP contribution in [0.4, 0.5) is 0 Å². The van der Waals surface area contributed by atoms with Crippen molar-refractivity contribution in [2.45, 2.75) is 71.0 Å². The van der Waals surface area contributed by atoms with Gasteiger partial charge in [-0.2, -0.15) is 5.10 Å². The lowest BCUT2D eigenvalue weighted by Crippen LogP contribution is -2.34. The van der Waals surface area contributed by atoms with Gasteiger partial charge in [0, 0.05) is 35.5 Å². The molecule has 0 unspecified atom stereocenters. The molecule has 6 nitrogen and oxygen atoms in total. The lowest BCUT2D eigenvalue weighted by atomic mass is 9.80. The third-order valence-electron chi connectivity index (χ3n) is 7.87. The number of aromatic nitrogens is 4. The molecule has 1 aromatic carbocycles. The highest BCUT2D eigenvalue weighted by Gasteiger charge is 2.40. The molecule has 1 saturated carbocycles. The Balaban J connectivity index is 1.42. The summed E-state index contributed by atoms with van der Waals surface area (Å²) < 4.78 is 13.8. The summed E-state index contributed by atoms with van der Waals surface area (Å²) in [6.45, 7) is 10.4. The Morgan fingerprint density at radius 3 is 2.58 bits per heavy atom. The van der Waals surface area contributed by atoms with Crippen LogP contribution in [-0.2, 0) is 9.47 Å². The molecule has 1 spiro atoms. The molecule has 0 bridgehead atoms. The van der Waals surface area contributed by atoms with Crippen molar-refractivity contribution in [2.75, 3.05) is 13.2 Å². The zero-order valence-electron chi connectivity index (χ0n) is 19.9. The molecule has 0 atom stereocenters. The molecule has 2 fully saturated rings. The summed E-state index contributed by atoms with van der Waals surface area (Å²) in [6.07, 6.45) is 7.94. The van der Waals surface area contributed by atoms with Gasteiger partial charge in [0.1, 0.15) is 6.33 Å². The molecular formula is C27H32N4O2. The first-order valence-electron chi connectivity index (χ1n) is 12.2. The molecule has 6 heteroatoms. The highest BCUT2D eigenvalue weighted by Crippen LogP contribution is 2.44. The first-order valence-corrected chi connectivity index (χ1v) is 12.2. The first-order chi connectivity index (χ1) is 16.0. The number of nitrogens with zero attached hydrogens (tertiary/aromatic N) is 3. The Bertz CT molecular complexity index is 1330. The number of benzene rings is 1. The Kier molecular flexibility index (Phi) is 4.85. The molecule has 0 radical (unpaired) electrons. The van der Waals surface area contributed by atoms with E-state index >= 15 is 0 Å². The number of aromatic amines is 1. The van der Waals surface area contributed by atoms with Crippen LogP contribution < -0.4 is 0 Å². The number of fused-ring (bicyclic) bond motifs is 2. The van der Waals surface area contributed by atoms with Crippen LogP contribution in [0.5, 0.6) is 0 Å². The van der Waals surface area contributed by atoms with E-state index in [1.165, 1.54) is 44.4 Å². The maximum Gasteiger partial charge on any atom is 0.168 e. The van der Waals surface area contributed by atoms with Crippen molar-refractivity contribution in [2.24, 2.45) is 0 Å². The molecule has 33 heavy (non-hydrogen) atoms. The summed E-state index contributed by atoms with van der Waals surface area (Å²) >= 11 is 0. The third kappa shape index (κ3) is 3.30. The van der Waals surface area contributed by atoms with Gasteiger partial charge < -0.3 is 14.5 Å². The number of rotatable bonds is 3. The molecule has 6 rings (SSSR count). The van der Waals surface area contributed by atoms with Gasteiger partial charge in [-0.05, 0) is 72.9 Å². The predicted octanol–water partition coefficient (Wildman–Crippen LogP) is 6.02. The highest BCUT2D eigenvalue weighted by molar-refractivity contribution is 5.92. The number of pyridine rings is 1. The van der Waals surface area contributed by atoms with Crippen LogP contribution in [0, 0.1) is 13.8 Å². The van der Waals surface area contributed by atoms with Crippen molar-refractivity contribution in [3.05, 3.63) is 53.0 Å². The third-order valence-corrected chi connectivity index (χ3v) is 7.87. The van der Waals surface area contributed by atoms with Crippen molar-refractivity contribution in [3.63, 3.8) is 0 Å². The van der Waals surface area contributed by atoms with Gasteiger partial charge in [-0.3, -0.25) is 0 Å². The predicted molar refractivity (Wildman–Crippen MR) is 130 cm³/mol. The average Bonchev–Trinajstić information content (AvgIpc) is 3.54. The molecule has 2 aliphatic rings. The summed E-state index contributed by atoms with van der Waals surface area (Å²) in [5, 5.41) is 5.75. The van der Waals surface area contributed by atoms with Crippen molar-refractivity contribution < 1.29 is 9.47 Å². The fourth-order valence-corrected chi connectivity index (χ4v) is 5.93. The Morgan fingerprint density at radius 1 is 1.09 bits per heavy atom. The second-order valence-corrected chi connectivity index (χ2v) is 10.1. The summed E-state index contributed by atoms with van der Waals surface area (Å²) in [5.74, 6) is 0.645. The minimum atomic E-state index is -0.305. The van der Waals surface area contributed by atoms with Crippen LogP contribution in [0.25, 0.3) is 27.8 Å². The van der Waals surface area contributed by atoms with Crippen LogP contribution in [0.3, 0.4) is 0 Å². The number of nitrogens with one attached hydrogen (secondary N) is 1. The molecule has 4 aromatic rings. The quantitative estimate of drug-likeness (QED) is 0.420. The summed E-state index contributed by atoms with van der Waals surface area (Å²) in [7, 11) is 0. The maximum absolute atomic E-state index is 5.95. The minimum Gasteiger partial charge on any atom is -0.354 e. The van der Waals surface area contributed by atoms with Crippen molar-refractivity contribution in [1.29, 1.82) is 0 Å². The summed E-state index contributed by atoms with van der Waals surface area (Å²) in [4.78, 5) is 8.18. The molecule has 1 aliphatic carbocycles. The van der Waals surface area contributed by atoms with Crippen LogP contribution in [-0.4, -0.2) is 38.6 Å². The molecule has 1 N–H and O–H groups in total. The van der Waals surface area contributed by atoms with Gasteiger partial charge in [0.2, 0.25) is 0 Å². The lowest BCUT2D eigenvalue weighted by Gasteiger charge is -2.35. The highest BCUT2D eigenvalue weighted by atomic mass is 16.7. The molecule has 172 valence electrons. The minimum absolute atomic E-state index is 0.305. The van der Waals surface area contributed by atoms with E-state index in [4.69, 9.17) is 9.47 Å². The number of hydrogen-bond acceptors (Lipinski definition) is 4. The molecular weight excluding hydrogens is 412 g/mol. The van der Waals surface area contributed by atoms with Gasteiger partial charge in [-0.25, -0.2) is 9.50 Å². The SMILES string of the molecule is Cc1c(-c2[nH]c3ccc(C4CCC5(CC4)OCCO5)cc3c2C(C)C)cn2ncnc2c1C. The van der Waals surface area contributed by atoms with E-state index in [9.17, 15) is 0 Å². The fraction of sp³-hybridized carbons (Fsp3) is 0.481. The van der Waals surface area contributed by atoms with Gasteiger partial charge in [0.05, 0.1) is 18.9 Å². The van der Waals surface area contributed by atoms with E-state index in [0.29, 0.717) is 11.8 Å². The Morgan fingerprint density at radius 2 is 1.85 bits per heavy atom. The lowest BCUT2D eigenvalue weighted by molar-refractivity contribution is -0.178. The first kappa shape index (κ1) is 20.9. The average molecular weight is 445 g/mol. The van der Waals surface area contributed by atoms with Crippen LogP contribution in [0.2, 0.25) is 0 Å². The smallest absolute Gasteiger partial charge is 0.168 e. The van der Waals surface area contributed by atoms with E-state index in [1.807, 2.05) is 4.52 Å². The topological polar surface area (TPSA) is 64.4 Å². The molecule has 0 amide bonds. The second-order valence-electron chi connectivity index (χ2n) is 10.1. The number of ether oxygens (including phenoxy) is 2. The number of H-pyrrole nitrogens is 1. The van der Waals surface area contributed by atoms with E-state index in [1.54, 1.807) is 6.33 Å². The van der Waals surface area contributed by atoms with Gasteiger partial charge in [0.25, 0.3) is 0 Å². The van der Waals surface area contributed by atoms with E-state index in [0.717, 1.165) is 44.5 Å². The van der Waals surface area contributed by atoms with Crippen LogP contribution in [0.1, 0.15) is 73.6 Å². The molecule has 1 saturated heterocycles. The van der Waals surface area contributed by atoms with E-state index in [2.05, 4.69) is 67.2 Å². The number of aryl methyl sites for hydroxylation is 1. The van der Waals surface area contributed by atoms with Gasteiger partial charge in [-0.1, -0.05) is 19.9 Å². The zero-order chi connectivity index (χ0) is 22.7. The molecule has 1 aliphatic heterocycles. The van der Waals surface area contributed by atoms with Crippen molar-refractivity contribution in [1.82, 2.24) is 19.6 Å². The van der Waals surface area contributed by atoms with Crippen LogP contribution >= 0.6 is 0 Å². The van der Waals surface area contributed by atoms with Crippen LogP contribution in [0.15, 0.2) is 30.7 Å². The van der Waals surface area contributed by atoms with E-state index in [-0.39, 0.29) is 5.79 Å². The Labute approximate surface area is 194 Å². The van der Waals surface area contributed by atoms with E-state index < -0.39 is 0 Å². The van der Waals surface area contributed by atoms with Crippen molar-refractivity contribution in [3.8, 4) is 11.3 Å². The van der Waals surface area contributed by atoms with Crippen molar-refractivity contribution >= 4 is 16.6 Å². The fourth-order valence-electron chi connectivity index (χ4n) is 5.93. The molecule has 4 heterocycles. The van der Waals surface area contributed by atoms with Gasteiger partial charge in [-0.15, -0.1) is 0 Å². The number of hydrogen-bond donors (Lipinski definition) is 1. The normalized spacial score (nSPS) is 18.9. The zero-order valence-corrected chi connectivity index (χ0v) is 19.9. The maximum atomic E-state index is 5.95. The van der Waals surface area contributed by atoms with Gasteiger partial charge in [0.15, 0.2) is 11.4 Å². The van der Waals surface area contributed by atoms with Gasteiger partial charge >= 0.3 is 0 Å². The Hall–Kier alpha value is -2.70. The summed E-state index contributed by atoms with van der Waals surface area (Å²) in [6, 6.07) is 7.01. The second kappa shape index (κ2) is 7.67. The standard InChI is InChI=1S/C27H32N4O2/c1-16(2)24-21-13-20(19-7-9-27(10-8-19)32-11-12-33-27)5-6-23(21)30-25(24)22-14-31-26(28-15-29-31)18(4)17(22)3/h5-6,13-16,19,30H,7-12H2,1-4H3. The largest absolute Gasteiger partial charge is 0.354 e. The monoisotopic (exact) mass is 444 g/mol.